The molecule has 4 rings (SSSR count). The minimum Gasteiger partial charge on any atom is -0.493 e. The van der Waals surface area contributed by atoms with E-state index in [1.54, 1.807) is 24.5 Å². The van der Waals surface area contributed by atoms with Gasteiger partial charge >= 0.3 is 0 Å². The predicted octanol–water partition coefficient (Wildman–Crippen LogP) is 3.46. The summed E-state index contributed by atoms with van der Waals surface area (Å²) in [6, 6.07) is 17.9. The lowest BCUT2D eigenvalue weighted by Gasteiger charge is -2.13. The topological polar surface area (TPSA) is 113 Å². The Labute approximate surface area is 190 Å². The van der Waals surface area contributed by atoms with Crippen molar-refractivity contribution in [1.82, 2.24) is 19.7 Å². The van der Waals surface area contributed by atoms with Crippen molar-refractivity contribution in [2.75, 3.05) is 12.4 Å². The smallest absolute Gasteiger partial charge is 0.238 e. The third kappa shape index (κ3) is 4.98. The SMILES string of the molecule is Cc1ccccc1-n1c(SCCOc2ccc(S(N)(=O)=O)cc2)nnc1-c1cccnc1. The number of nitrogens with zero attached hydrogens (tertiary/aromatic N) is 4. The van der Waals surface area contributed by atoms with Gasteiger partial charge in [0.2, 0.25) is 10.0 Å². The van der Waals surface area contributed by atoms with Crippen molar-refractivity contribution in [2.45, 2.75) is 17.0 Å². The fourth-order valence-electron chi connectivity index (χ4n) is 3.09. The van der Waals surface area contributed by atoms with Gasteiger partial charge in [0.1, 0.15) is 5.75 Å². The Bertz CT molecular complexity index is 1310. The van der Waals surface area contributed by atoms with Gasteiger partial charge in [0, 0.05) is 23.7 Å². The molecule has 2 N–H and O–H groups in total. The van der Waals surface area contributed by atoms with Gasteiger partial charge in [-0.3, -0.25) is 9.55 Å². The van der Waals surface area contributed by atoms with Crippen LogP contribution in [0.15, 0.2) is 83.1 Å². The van der Waals surface area contributed by atoms with Crippen molar-refractivity contribution in [2.24, 2.45) is 5.14 Å². The number of thioether (sulfide) groups is 1. The summed E-state index contributed by atoms with van der Waals surface area (Å²) in [5.41, 5.74) is 2.98. The van der Waals surface area contributed by atoms with Gasteiger partial charge < -0.3 is 4.74 Å². The summed E-state index contributed by atoms with van der Waals surface area (Å²) in [6.07, 6.45) is 3.49. The molecular weight excluding hydrogens is 446 g/mol. The Balaban J connectivity index is 1.50. The summed E-state index contributed by atoms with van der Waals surface area (Å²) < 4.78 is 30.5. The molecule has 0 aliphatic heterocycles. The van der Waals surface area contributed by atoms with Crippen LogP contribution >= 0.6 is 11.8 Å². The van der Waals surface area contributed by atoms with Crippen molar-refractivity contribution in [3.8, 4) is 22.8 Å². The summed E-state index contributed by atoms with van der Waals surface area (Å²) in [4.78, 5) is 4.25. The molecule has 8 nitrogen and oxygen atoms in total. The first kappa shape index (κ1) is 22.0. The molecule has 0 aliphatic rings. The van der Waals surface area contributed by atoms with Crippen LogP contribution in [0, 0.1) is 6.92 Å². The number of aromatic nitrogens is 4. The summed E-state index contributed by atoms with van der Waals surface area (Å²) in [5.74, 6) is 1.90. The van der Waals surface area contributed by atoms with Gasteiger partial charge in [0.25, 0.3) is 0 Å². The van der Waals surface area contributed by atoms with Gasteiger partial charge in [-0.25, -0.2) is 13.6 Å². The Morgan fingerprint density at radius 2 is 1.81 bits per heavy atom. The average Bonchev–Trinajstić information content (AvgIpc) is 3.21. The fourth-order valence-corrected chi connectivity index (χ4v) is 4.37. The minimum atomic E-state index is -3.72. The molecule has 0 amide bonds. The van der Waals surface area contributed by atoms with Gasteiger partial charge in [-0.05, 0) is 55.0 Å². The zero-order valence-corrected chi connectivity index (χ0v) is 18.9. The van der Waals surface area contributed by atoms with Crippen LogP contribution in [0.3, 0.4) is 0 Å². The molecule has 2 heterocycles. The zero-order valence-electron chi connectivity index (χ0n) is 17.2. The highest BCUT2D eigenvalue weighted by Crippen LogP contribution is 2.29. The van der Waals surface area contributed by atoms with Gasteiger partial charge in [-0.15, -0.1) is 10.2 Å². The number of sulfonamides is 1. The van der Waals surface area contributed by atoms with Crippen LogP contribution in [0.25, 0.3) is 17.1 Å². The van der Waals surface area contributed by atoms with E-state index in [2.05, 4.69) is 15.2 Å². The number of benzene rings is 2. The molecule has 0 spiro atoms. The van der Waals surface area contributed by atoms with E-state index in [1.165, 1.54) is 23.9 Å². The van der Waals surface area contributed by atoms with Crippen LogP contribution in [-0.4, -0.2) is 40.5 Å². The van der Waals surface area contributed by atoms with Crippen LogP contribution in [0.1, 0.15) is 5.56 Å². The fraction of sp³-hybridized carbons (Fsp3) is 0.136. The van der Waals surface area contributed by atoms with E-state index >= 15 is 0 Å². The number of pyridine rings is 1. The lowest BCUT2D eigenvalue weighted by Crippen LogP contribution is -2.11. The predicted molar refractivity (Wildman–Crippen MR) is 123 cm³/mol. The Morgan fingerprint density at radius 1 is 1.03 bits per heavy atom. The van der Waals surface area contributed by atoms with Gasteiger partial charge in [0.05, 0.1) is 17.2 Å². The summed E-state index contributed by atoms with van der Waals surface area (Å²) >= 11 is 1.52. The highest BCUT2D eigenvalue weighted by molar-refractivity contribution is 7.99. The first-order valence-electron chi connectivity index (χ1n) is 9.74. The number of rotatable bonds is 8. The van der Waals surface area contributed by atoms with Gasteiger partial charge in [-0.2, -0.15) is 0 Å². The number of aryl methyl sites for hydroxylation is 1. The number of primary sulfonamides is 1. The second-order valence-electron chi connectivity index (χ2n) is 6.88. The van der Waals surface area contributed by atoms with Crippen LogP contribution < -0.4 is 9.88 Å². The standard InChI is InChI=1S/C22H21N5O3S2/c1-16-5-2-3-7-20(16)27-21(17-6-4-12-24-15-17)25-26-22(27)31-14-13-30-18-8-10-19(11-9-18)32(23,28)29/h2-12,15H,13-14H2,1H3,(H2,23,28,29). The van der Waals surface area contributed by atoms with Gasteiger partial charge in [-0.1, -0.05) is 30.0 Å². The van der Waals surface area contributed by atoms with E-state index in [9.17, 15) is 8.42 Å². The molecule has 0 atom stereocenters. The van der Waals surface area contributed by atoms with E-state index < -0.39 is 10.0 Å². The minimum absolute atomic E-state index is 0.0495. The first-order chi connectivity index (χ1) is 15.4. The monoisotopic (exact) mass is 467 g/mol. The van der Waals surface area contributed by atoms with E-state index in [4.69, 9.17) is 9.88 Å². The number of hydrogen-bond donors (Lipinski definition) is 1. The van der Waals surface area contributed by atoms with Crippen LogP contribution in [0.4, 0.5) is 0 Å². The third-order valence-corrected chi connectivity index (χ3v) is 6.47. The van der Waals surface area contributed by atoms with Crippen molar-refractivity contribution in [3.05, 3.63) is 78.6 Å². The average molecular weight is 468 g/mol. The normalized spacial score (nSPS) is 11.4. The second-order valence-corrected chi connectivity index (χ2v) is 9.51. The molecule has 0 saturated heterocycles. The number of ether oxygens (including phenoxy) is 1. The lowest BCUT2D eigenvalue weighted by molar-refractivity contribution is 0.343. The highest BCUT2D eigenvalue weighted by Gasteiger charge is 2.17. The summed E-state index contributed by atoms with van der Waals surface area (Å²) in [6.45, 7) is 2.45. The lowest BCUT2D eigenvalue weighted by atomic mass is 10.2. The highest BCUT2D eigenvalue weighted by atomic mass is 32.2. The van der Waals surface area contributed by atoms with Crippen LogP contribution in [-0.2, 0) is 10.0 Å². The van der Waals surface area contributed by atoms with E-state index in [-0.39, 0.29) is 4.90 Å². The second kappa shape index (κ2) is 9.51. The Morgan fingerprint density at radius 3 is 2.50 bits per heavy atom. The Kier molecular flexibility index (Phi) is 6.54. The molecule has 0 unspecified atom stereocenters. The van der Waals surface area contributed by atoms with E-state index in [1.807, 2.05) is 47.9 Å². The maximum absolute atomic E-state index is 11.4. The molecule has 0 aliphatic carbocycles. The largest absolute Gasteiger partial charge is 0.493 e. The molecule has 2 aromatic carbocycles. The van der Waals surface area contributed by atoms with Crippen molar-refractivity contribution in [3.63, 3.8) is 0 Å². The Hall–Kier alpha value is -3.21. The molecular formula is C22H21N5O3S2. The van der Waals surface area contributed by atoms with E-state index in [0.717, 1.165) is 27.8 Å². The summed E-state index contributed by atoms with van der Waals surface area (Å²) in [5, 5.41) is 14.7. The van der Waals surface area contributed by atoms with Crippen molar-refractivity contribution >= 4 is 21.8 Å². The molecule has 0 radical (unpaired) electrons. The van der Waals surface area contributed by atoms with E-state index in [0.29, 0.717) is 18.1 Å². The molecule has 4 aromatic rings. The molecule has 10 heteroatoms. The van der Waals surface area contributed by atoms with Crippen LogP contribution in [0.5, 0.6) is 5.75 Å². The van der Waals surface area contributed by atoms with Crippen molar-refractivity contribution < 1.29 is 13.2 Å². The van der Waals surface area contributed by atoms with Crippen molar-refractivity contribution in [1.29, 1.82) is 0 Å². The maximum atomic E-state index is 11.4. The number of para-hydroxylation sites is 1. The molecule has 0 bridgehead atoms. The quantitative estimate of drug-likeness (QED) is 0.312. The first-order valence-corrected chi connectivity index (χ1v) is 12.3. The van der Waals surface area contributed by atoms with Gasteiger partial charge in [0.15, 0.2) is 11.0 Å². The summed E-state index contributed by atoms with van der Waals surface area (Å²) in [7, 11) is -3.72. The van der Waals surface area contributed by atoms with Crippen LogP contribution in [0.2, 0.25) is 0 Å². The molecule has 32 heavy (non-hydrogen) atoms. The number of nitrogens with two attached hydrogens (primary N) is 1. The third-order valence-electron chi connectivity index (χ3n) is 4.64. The molecule has 2 aromatic heterocycles. The molecule has 164 valence electrons. The molecule has 0 saturated carbocycles. The number of hydrogen-bond acceptors (Lipinski definition) is 7. The zero-order chi connectivity index (χ0) is 22.6. The molecule has 0 fully saturated rings. The maximum Gasteiger partial charge on any atom is 0.238 e.